The summed E-state index contributed by atoms with van der Waals surface area (Å²) in [4.78, 5) is 11.3. The lowest BCUT2D eigenvalue weighted by atomic mass is 10.3. The van der Waals surface area contributed by atoms with Gasteiger partial charge in [0.2, 0.25) is 0 Å². The highest BCUT2D eigenvalue weighted by Gasteiger charge is 2.15. The molecule has 25 heavy (non-hydrogen) atoms. The van der Waals surface area contributed by atoms with Crippen LogP contribution in [0.5, 0.6) is 23.0 Å². The van der Waals surface area contributed by atoms with Gasteiger partial charge in [-0.05, 0) is 38.1 Å². The van der Waals surface area contributed by atoms with Gasteiger partial charge >= 0.3 is 5.97 Å². The van der Waals surface area contributed by atoms with Crippen molar-refractivity contribution in [2.75, 3.05) is 20.8 Å². The van der Waals surface area contributed by atoms with Crippen LogP contribution in [0, 0.1) is 0 Å². The Hall–Kier alpha value is -2.89. The van der Waals surface area contributed by atoms with Crippen LogP contribution >= 0.6 is 0 Å². The number of ether oxygens (including phenoxy) is 4. The fourth-order valence-electron chi connectivity index (χ4n) is 1.80. The molecule has 1 unspecified atom stereocenters. The molecule has 0 bridgehead atoms. The van der Waals surface area contributed by atoms with E-state index < -0.39 is 6.10 Å². The first kappa shape index (κ1) is 20.2. The first-order chi connectivity index (χ1) is 12.0. The van der Waals surface area contributed by atoms with Crippen LogP contribution in [0.2, 0.25) is 0 Å². The molecule has 2 aromatic rings. The van der Waals surface area contributed by atoms with Crippen molar-refractivity contribution in [2.24, 2.45) is 0 Å². The van der Waals surface area contributed by atoms with Crippen molar-refractivity contribution in [1.82, 2.24) is 0 Å². The van der Waals surface area contributed by atoms with Gasteiger partial charge in [-0.15, -0.1) is 0 Å². The second-order valence-corrected chi connectivity index (χ2v) is 4.89. The summed E-state index contributed by atoms with van der Waals surface area (Å²) in [6.45, 7) is 3.76. The zero-order chi connectivity index (χ0) is 18.7. The van der Waals surface area contributed by atoms with Gasteiger partial charge in [0.25, 0.3) is 0 Å². The molecule has 2 rings (SSSR count). The Kier molecular flexibility index (Phi) is 8.71. The van der Waals surface area contributed by atoms with Gasteiger partial charge in [-0.2, -0.15) is 0 Å². The Morgan fingerprint density at radius 2 is 1.56 bits per heavy atom. The lowest BCUT2D eigenvalue weighted by molar-refractivity contribution is -0.150. The number of benzene rings is 2. The maximum atomic E-state index is 11.3. The topological polar surface area (TPSA) is 74.2 Å². The fourth-order valence-corrected chi connectivity index (χ4v) is 1.80. The summed E-state index contributed by atoms with van der Waals surface area (Å²) in [7, 11) is 3.14. The Balaban J connectivity index is 0.000000293. The van der Waals surface area contributed by atoms with Crippen molar-refractivity contribution < 1.29 is 28.8 Å². The molecule has 0 amide bonds. The van der Waals surface area contributed by atoms with Gasteiger partial charge in [-0.3, -0.25) is 0 Å². The molecular weight excluding hydrogens is 324 g/mol. The second kappa shape index (κ2) is 10.8. The molecule has 0 radical (unpaired) electrons. The second-order valence-electron chi connectivity index (χ2n) is 4.89. The SMILES string of the molecule is CCOC(=O)C(C)Oc1cccc(OC)c1.COc1cccc(O)c1. The maximum Gasteiger partial charge on any atom is 0.347 e. The van der Waals surface area contributed by atoms with E-state index in [0.29, 0.717) is 23.9 Å². The highest BCUT2D eigenvalue weighted by Crippen LogP contribution is 2.20. The van der Waals surface area contributed by atoms with Gasteiger partial charge in [-0.1, -0.05) is 12.1 Å². The van der Waals surface area contributed by atoms with Crippen LogP contribution in [0.15, 0.2) is 48.5 Å². The number of esters is 1. The monoisotopic (exact) mass is 348 g/mol. The number of aromatic hydroxyl groups is 1. The van der Waals surface area contributed by atoms with Crippen molar-refractivity contribution in [3.05, 3.63) is 48.5 Å². The van der Waals surface area contributed by atoms with E-state index in [0.717, 1.165) is 0 Å². The van der Waals surface area contributed by atoms with Gasteiger partial charge in [0.15, 0.2) is 6.10 Å². The molecule has 1 N–H and O–H groups in total. The summed E-state index contributed by atoms with van der Waals surface area (Å²) in [5.41, 5.74) is 0. The molecule has 0 fully saturated rings. The molecule has 2 aromatic carbocycles. The number of phenolic OH excluding ortho intramolecular Hbond substituents is 1. The molecule has 1 atom stereocenters. The van der Waals surface area contributed by atoms with Crippen molar-refractivity contribution in [1.29, 1.82) is 0 Å². The van der Waals surface area contributed by atoms with Crippen molar-refractivity contribution in [2.45, 2.75) is 20.0 Å². The summed E-state index contributed by atoms with van der Waals surface area (Å²) in [6.07, 6.45) is -0.618. The number of hydrogen-bond donors (Lipinski definition) is 1. The average molecular weight is 348 g/mol. The minimum absolute atomic E-state index is 0.231. The van der Waals surface area contributed by atoms with E-state index >= 15 is 0 Å². The first-order valence-corrected chi connectivity index (χ1v) is 7.80. The lowest BCUT2D eigenvalue weighted by Crippen LogP contribution is -2.26. The van der Waals surface area contributed by atoms with E-state index in [1.807, 2.05) is 6.07 Å². The van der Waals surface area contributed by atoms with Gasteiger partial charge in [-0.25, -0.2) is 4.79 Å². The third-order valence-electron chi connectivity index (χ3n) is 3.03. The summed E-state index contributed by atoms with van der Waals surface area (Å²) in [5, 5.41) is 8.86. The quantitative estimate of drug-likeness (QED) is 0.806. The van der Waals surface area contributed by atoms with Crippen molar-refractivity contribution in [3.8, 4) is 23.0 Å². The molecule has 0 aliphatic heterocycles. The van der Waals surface area contributed by atoms with E-state index in [2.05, 4.69) is 0 Å². The molecule has 0 saturated carbocycles. The highest BCUT2D eigenvalue weighted by molar-refractivity contribution is 5.74. The molecule has 6 heteroatoms. The molecule has 0 spiro atoms. The number of methoxy groups -OCH3 is 2. The molecule has 0 aliphatic carbocycles. The van der Waals surface area contributed by atoms with Crippen LogP contribution in [0.3, 0.4) is 0 Å². The lowest BCUT2D eigenvalue weighted by Gasteiger charge is -2.13. The van der Waals surface area contributed by atoms with Crippen LogP contribution in [-0.4, -0.2) is 38.0 Å². The zero-order valence-corrected chi connectivity index (χ0v) is 14.9. The smallest absolute Gasteiger partial charge is 0.347 e. The largest absolute Gasteiger partial charge is 0.508 e. The van der Waals surface area contributed by atoms with E-state index in [9.17, 15) is 4.79 Å². The normalized spacial score (nSPS) is 10.7. The number of hydrogen-bond acceptors (Lipinski definition) is 6. The van der Waals surface area contributed by atoms with Gasteiger partial charge in [0.05, 0.1) is 20.8 Å². The standard InChI is InChI=1S/C12H16O4.C7H8O2/c1-4-15-12(13)9(2)16-11-7-5-6-10(8-11)14-3;1-9-7-4-2-3-6(8)5-7/h5-9H,4H2,1-3H3;2-5,8H,1H3. The molecule has 136 valence electrons. The Morgan fingerprint density at radius 1 is 1.00 bits per heavy atom. The van der Waals surface area contributed by atoms with E-state index in [-0.39, 0.29) is 11.7 Å². The van der Waals surface area contributed by atoms with E-state index in [1.165, 1.54) is 0 Å². The minimum Gasteiger partial charge on any atom is -0.508 e. The first-order valence-electron chi connectivity index (χ1n) is 7.80. The molecule has 0 aliphatic rings. The maximum absolute atomic E-state index is 11.3. The van der Waals surface area contributed by atoms with Gasteiger partial charge < -0.3 is 24.1 Å². The fraction of sp³-hybridized carbons (Fsp3) is 0.316. The third kappa shape index (κ3) is 7.48. The average Bonchev–Trinajstić information content (AvgIpc) is 2.62. The van der Waals surface area contributed by atoms with Gasteiger partial charge in [0, 0.05) is 12.1 Å². The molecule has 0 heterocycles. The zero-order valence-electron chi connectivity index (χ0n) is 14.9. The van der Waals surface area contributed by atoms with Crippen LogP contribution in [0.25, 0.3) is 0 Å². The third-order valence-corrected chi connectivity index (χ3v) is 3.03. The molecule has 0 saturated heterocycles. The predicted molar refractivity (Wildman–Crippen MR) is 94.4 cm³/mol. The summed E-state index contributed by atoms with van der Waals surface area (Å²) >= 11 is 0. The molecular formula is C19H24O6. The minimum atomic E-state index is -0.618. The Bertz CT molecular complexity index is 656. The Labute approximate surface area is 147 Å². The van der Waals surface area contributed by atoms with Gasteiger partial charge in [0.1, 0.15) is 23.0 Å². The number of rotatable bonds is 6. The van der Waals surface area contributed by atoms with E-state index in [4.69, 9.17) is 24.1 Å². The summed E-state index contributed by atoms with van der Waals surface area (Å²) < 4.78 is 20.1. The number of carbonyl (C=O) groups excluding carboxylic acids is 1. The van der Waals surface area contributed by atoms with Crippen molar-refractivity contribution >= 4 is 5.97 Å². The number of carbonyl (C=O) groups is 1. The van der Waals surface area contributed by atoms with Crippen LogP contribution in [0.4, 0.5) is 0 Å². The molecule has 6 nitrogen and oxygen atoms in total. The summed E-state index contributed by atoms with van der Waals surface area (Å²) in [6, 6.07) is 13.7. The molecule has 0 aromatic heterocycles. The van der Waals surface area contributed by atoms with Crippen LogP contribution < -0.4 is 14.2 Å². The van der Waals surface area contributed by atoms with Crippen LogP contribution in [0.1, 0.15) is 13.8 Å². The summed E-state index contributed by atoms with van der Waals surface area (Å²) in [5.74, 6) is 1.81. The Morgan fingerprint density at radius 3 is 2.08 bits per heavy atom. The van der Waals surface area contributed by atoms with Crippen molar-refractivity contribution in [3.63, 3.8) is 0 Å². The predicted octanol–water partition coefficient (Wildman–Crippen LogP) is 3.43. The highest BCUT2D eigenvalue weighted by atomic mass is 16.6. The van der Waals surface area contributed by atoms with E-state index in [1.54, 1.807) is 70.5 Å². The van der Waals surface area contributed by atoms with Crippen LogP contribution in [-0.2, 0) is 9.53 Å². The number of phenols is 1.